The van der Waals surface area contributed by atoms with E-state index in [9.17, 15) is 0 Å². The van der Waals surface area contributed by atoms with Gasteiger partial charge in [-0.2, -0.15) is 0 Å². The molecule has 1 aromatic heterocycles. The van der Waals surface area contributed by atoms with Crippen molar-refractivity contribution in [3.63, 3.8) is 0 Å². The third-order valence-electron chi connectivity index (χ3n) is 11.6. The van der Waals surface area contributed by atoms with E-state index in [-0.39, 0.29) is 0 Å². The summed E-state index contributed by atoms with van der Waals surface area (Å²) in [6, 6.07) is 66.8. The summed E-state index contributed by atoms with van der Waals surface area (Å²) < 4.78 is 6.78. The zero-order valence-corrected chi connectivity index (χ0v) is 28.7. The van der Waals surface area contributed by atoms with E-state index in [2.05, 4.69) is 182 Å². The Hall–Kier alpha value is -6.96. The van der Waals surface area contributed by atoms with E-state index in [4.69, 9.17) is 4.42 Å². The molecule has 0 atom stereocenters. The van der Waals surface area contributed by atoms with E-state index in [1.807, 2.05) is 0 Å². The molecule has 0 amide bonds. The fourth-order valence-electron chi connectivity index (χ4n) is 9.39. The zero-order chi connectivity index (χ0) is 34.6. The Labute approximate surface area is 304 Å². The minimum Gasteiger partial charge on any atom is -0.456 e. The molecule has 1 heterocycles. The normalized spacial score (nSPS) is 12.2. The van der Waals surface area contributed by atoms with Gasteiger partial charge in [-0.15, -0.1) is 0 Å². The highest BCUT2D eigenvalue weighted by Crippen LogP contribution is 2.50. The number of fused-ring (bicyclic) bond motifs is 13. The molecule has 0 aliphatic rings. The van der Waals surface area contributed by atoms with Crippen LogP contribution in [-0.2, 0) is 0 Å². The van der Waals surface area contributed by atoms with Crippen molar-refractivity contribution >= 4 is 97.3 Å². The fraction of sp³-hybridized carbons (Fsp3) is 0. The van der Waals surface area contributed by atoms with Gasteiger partial charge in [0, 0.05) is 10.8 Å². The van der Waals surface area contributed by atoms with Crippen LogP contribution in [0, 0.1) is 0 Å². The van der Waals surface area contributed by atoms with E-state index in [0.717, 1.165) is 11.2 Å². The molecule has 1 nitrogen and oxygen atoms in total. The molecule has 0 N–H and O–H groups in total. The lowest BCUT2D eigenvalue weighted by atomic mass is 9.81. The lowest BCUT2D eigenvalue weighted by Crippen LogP contribution is -1.94. The minimum atomic E-state index is 0.911. The number of hydrogen-bond acceptors (Lipinski definition) is 1. The summed E-state index contributed by atoms with van der Waals surface area (Å²) in [6.45, 7) is 0. The maximum absolute atomic E-state index is 6.78. The highest BCUT2D eigenvalue weighted by atomic mass is 16.3. The third-order valence-corrected chi connectivity index (χ3v) is 11.6. The molecule has 244 valence electrons. The Bertz CT molecular complexity index is 3450. The number of furan rings is 1. The number of benzene rings is 11. The molecule has 12 rings (SSSR count). The van der Waals surface area contributed by atoms with Crippen LogP contribution in [0.2, 0.25) is 0 Å². The lowest BCUT2D eigenvalue weighted by molar-refractivity contribution is 0.669. The van der Waals surface area contributed by atoms with E-state index in [1.54, 1.807) is 0 Å². The Morgan fingerprint density at radius 1 is 0.245 bits per heavy atom. The molecule has 1 heteroatoms. The van der Waals surface area contributed by atoms with Crippen molar-refractivity contribution in [2.75, 3.05) is 0 Å². The fourth-order valence-corrected chi connectivity index (χ4v) is 9.39. The van der Waals surface area contributed by atoms with Crippen molar-refractivity contribution in [1.82, 2.24) is 0 Å². The van der Waals surface area contributed by atoms with Crippen LogP contribution >= 0.6 is 0 Å². The first kappa shape index (κ1) is 28.7. The zero-order valence-electron chi connectivity index (χ0n) is 28.7. The van der Waals surface area contributed by atoms with Crippen molar-refractivity contribution < 1.29 is 4.42 Å². The van der Waals surface area contributed by atoms with Crippen molar-refractivity contribution in [3.8, 4) is 22.3 Å². The number of hydrogen-bond donors (Lipinski definition) is 0. The van der Waals surface area contributed by atoms with Crippen LogP contribution < -0.4 is 0 Å². The van der Waals surface area contributed by atoms with Gasteiger partial charge in [-0.05, 0) is 116 Å². The summed E-state index contributed by atoms with van der Waals surface area (Å²) >= 11 is 0. The monoisotopic (exact) mass is 670 g/mol. The molecule has 53 heavy (non-hydrogen) atoms. The minimum absolute atomic E-state index is 0.911. The Kier molecular flexibility index (Phi) is 5.84. The molecule has 0 aliphatic heterocycles. The highest BCUT2D eigenvalue weighted by Gasteiger charge is 2.23. The van der Waals surface area contributed by atoms with Gasteiger partial charge in [-0.25, -0.2) is 0 Å². The topological polar surface area (TPSA) is 13.1 Å². The van der Waals surface area contributed by atoms with Crippen LogP contribution in [0.1, 0.15) is 0 Å². The van der Waals surface area contributed by atoms with Crippen LogP contribution in [0.3, 0.4) is 0 Å². The smallest absolute Gasteiger partial charge is 0.136 e. The Morgan fingerprint density at radius 3 is 1.40 bits per heavy atom. The van der Waals surface area contributed by atoms with Gasteiger partial charge >= 0.3 is 0 Å². The van der Waals surface area contributed by atoms with Gasteiger partial charge in [-0.1, -0.05) is 164 Å². The standard InChI is InChI=1S/C52H30O/c1-4-16-34-31(13-1)25-27-43-44(34)29-33-15-3-6-18-36(33)49(43)50-41-23-11-9-21-39(41)48(40-22-10-12-24-42(40)50)45-30-47-52(38-20-8-7-19-37(38)45)51-35-17-5-2-14-32(35)26-28-46(51)53-47/h1-30H. The molecule has 11 aromatic carbocycles. The first-order chi connectivity index (χ1) is 26.3. The van der Waals surface area contributed by atoms with Crippen molar-refractivity contribution in [1.29, 1.82) is 0 Å². The largest absolute Gasteiger partial charge is 0.456 e. The first-order valence-electron chi connectivity index (χ1n) is 18.3. The molecule has 0 saturated carbocycles. The average Bonchev–Trinajstić information content (AvgIpc) is 3.61. The van der Waals surface area contributed by atoms with Crippen LogP contribution in [0.5, 0.6) is 0 Å². The second-order valence-corrected chi connectivity index (χ2v) is 14.3. The third kappa shape index (κ3) is 3.97. The molecule has 0 fully saturated rings. The van der Waals surface area contributed by atoms with Gasteiger partial charge in [-0.3, -0.25) is 0 Å². The van der Waals surface area contributed by atoms with Crippen LogP contribution in [-0.4, -0.2) is 0 Å². The van der Waals surface area contributed by atoms with E-state index in [1.165, 1.54) is 108 Å². The second kappa shape index (κ2) is 10.8. The van der Waals surface area contributed by atoms with Gasteiger partial charge in [0.25, 0.3) is 0 Å². The summed E-state index contributed by atoms with van der Waals surface area (Å²) in [5, 5.41) is 19.8. The Balaban J connectivity index is 1.26. The SMILES string of the molecule is c1ccc2c(-c3c4ccccc4c(-c4cc5oc6ccc7ccccc7c6c5c5ccccc45)c4ccccc34)c3ccc4ccccc4c3cc2c1. The highest BCUT2D eigenvalue weighted by molar-refractivity contribution is 6.33. The number of rotatable bonds is 2. The summed E-state index contributed by atoms with van der Waals surface area (Å²) in [5.41, 5.74) is 6.81. The van der Waals surface area contributed by atoms with Gasteiger partial charge in [0.15, 0.2) is 0 Å². The van der Waals surface area contributed by atoms with Crippen LogP contribution in [0.25, 0.3) is 120 Å². The summed E-state index contributed by atoms with van der Waals surface area (Å²) in [6.07, 6.45) is 0. The van der Waals surface area contributed by atoms with Crippen molar-refractivity contribution in [3.05, 3.63) is 182 Å². The van der Waals surface area contributed by atoms with Crippen LogP contribution in [0.4, 0.5) is 0 Å². The molecule has 0 saturated heterocycles. The molecule has 0 aliphatic carbocycles. The van der Waals surface area contributed by atoms with Gasteiger partial charge < -0.3 is 4.42 Å². The van der Waals surface area contributed by atoms with Crippen LogP contribution in [0.15, 0.2) is 186 Å². The molecular formula is C52H30O. The molecule has 0 unspecified atom stereocenters. The lowest BCUT2D eigenvalue weighted by Gasteiger charge is -2.21. The summed E-state index contributed by atoms with van der Waals surface area (Å²) in [7, 11) is 0. The Morgan fingerprint density at radius 2 is 0.698 bits per heavy atom. The molecule has 0 spiro atoms. The average molecular weight is 671 g/mol. The summed E-state index contributed by atoms with van der Waals surface area (Å²) in [4.78, 5) is 0. The first-order valence-corrected chi connectivity index (χ1v) is 18.3. The van der Waals surface area contributed by atoms with E-state index in [0.29, 0.717) is 0 Å². The van der Waals surface area contributed by atoms with Gasteiger partial charge in [0.05, 0.1) is 0 Å². The predicted octanol–water partition coefficient (Wildman–Crippen LogP) is 15.0. The van der Waals surface area contributed by atoms with Gasteiger partial charge in [0.1, 0.15) is 11.2 Å². The molecule has 0 bridgehead atoms. The van der Waals surface area contributed by atoms with E-state index >= 15 is 0 Å². The summed E-state index contributed by atoms with van der Waals surface area (Å²) in [5.74, 6) is 0. The predicted molar refractivity (Wildman–Crippen MR) is 227 cm³/mol. The van der Waals surface area contributed by atoms with E-state index < -0.39 is 0 Å². The van der Waals surface area contributed by atoms with Gasteiger partial charge in [0.2, 0.25) is 0 Å². The van der Waals surface area contributed by atoms with Crippen molar-refractivity contribution in [2.45, 2.75) is 0 Å². The quantitative estimate of drug-likeness (QED) is 0.132. The molecular weight excluding hydrogens is 641 g/mol. The maximum atomic E-state index is 6.78. The molecule has 0 radical (unpaired) electrons. The van der Waals surface area contributed by atoms with Crippen molar-refractivity contribution in [2.24, 2.45) is 0 Å². The maximum Gasteiger partial charge on any atom is 0.136 e. The molecule has 12 aromatic rings. The second-order valence-electron chi connectivity index (χ2n) is 14.3.